The van der Waals surface area contributed by atoms with Crippen molar-refractivity contribution < 1.29 is 18.7 Å². The first-order valence-corrected chi connectivity index (χ1v) is 6.66. The fourth-order valence-corrected chi connectivity index (χ4v) is 1.90. The zero-order chi connectivity index (χ0) is 15.3. The first kappa shape index (κ1) is 16.4. The predicted molar refractivity (Wildman–Crippen MR) is 75.5 cm³/mol. The van der Waals surface area contributed by atoms with E-state index in [1.807, 2.05) is 19.9 Å². The largest absolute Gasteiger partial charge is 0.496 e. The molecule has 1 aromatic carbocycles. The van der Waals surface area contributed by atoms with Crippen molar-refractivity contribution in [1.82, 2.24) is 0 Å². The topological polar surface area (TPSA) is 61.5 Å². The number of methoxy groups -OCH3 is 1. The van der Waals surface area contributed by atoms with Crippen LogP contribution < -0.4 is 10.5 Å². The second-order valence-corrected chi connectivity index (χ2v) is 4.84. The van der Waals surface area contributed by atoms with E-state index in [9.17, 15) is 9.18 Å². The van der Waals surface area contributed by atoms with E-state index < -0.39 is 18.2 Å². The Kier molecular flexibility index (Phi) is 5.95. The fourth-order valence-electron chi connectivity index (χ4n) is 1.90. The molecule has 4 nitrogen and oxygen atoms in total. The van der Waals surface area contributed by atoms with Crippen LogP contribution in [0.2, 0.25) is 0 Å². The van der Waals surface area contributed by atoms with Crippen LogP contribution in [0.1, 0.15) is 43.9 Å². The molecule has 0 heterocycles. The minimum Gasteiger partial charge on any atom is -0.496 e. The number of hydrogen-bond donors (Lipinski definition) is 1. The summed E-state index contributed by atoms with van der Waals surface area (Å²) in [5.41, 5.74) is 7.34. The summed E-state index contributed by atoms with van der Waals surface area (Å²) in [5.74, 6) is -0.210. The van der Waals surface area contributed by atoms with Crippen molar-refractivity contribution in [2.75, 3.05) is 13.7 Å². The Morgan fingerprint density at radius 2 is 2.05 bits per heavy atom. The summed E-state index contributed by atoms with van der Waals surface area (Å²) in [5, 5.41) is 0. The first-order valence-electron chi connectivity index (χ1n) is 6.66. The van der Waals surface area contributed by atoms with Gasteiger partial charge in [-0.1, -0.05) is 26.0 Å². The van der Waals surface area contributed by atoms with Crippen molar-refractivity contribution in [2.24, 2.45) is 5.73 Å². The average Bonchev–Trinajstić information content (AvgIpc) is 2.45. The molecule has 1 unspecified atom stereocenters. The van der Waals surface area contributed by atoms with E-state index >= 15 is 0 Å². The summed E-state index contributed by atoms with van der Waals surface area (Å²) in [6.45, 7) is 5.79. The van der Waals surface area contributed by atoms with Crippen LogP contribution in [0.4, 0.5) is 4.39 Å². The molecule has 2 N–H and O–H groups in total. The Morgan fingerprint density at radius 3 is 2.55 bits per heavy atom. The van der Waals surface area contributed by atoms with Gasteiger partial charge in [-0.05, 0) is 24.5 Å². The van der Waals surface area contributed by atoms with Crippen LogP contribution in [-0.4, -0.2) is 25.9 Å². The molecular weight excluding hydrogens is 261 g/mol. The molecule has 5 heteroatoms. The van der Waals surface area contributed by atoms with Crippen molar-refractivity contribution in [1.29, 1.82) is 0 Å². The van der Waals surface area contributed by atoms with Crippen molar-refractivity contribution in [3.05, 3.63) is 29.3 Å². The van der Waals surface area contributed by atoms with Gasteiger partial charge in [-0.25, -0.2) is 9.18 Å². The molecule has 0 aliphatic rings. The summed E-state index contributed by atoms with van der Waals surface area (Å²) in [6.07, 6.45) is -1.91. The third-order valence-corrected chi connectivity index (χ3v) is 3.11. The summed E-state index contributed by atoms with van der Waals surface area (Å²) in [4.78, 5) is 11.5. The second kappa shape index (κ2) is 7.24. The van der Waals surface area contributed by atoms with Crippen molar-refractivity contribution in [3.8, 4) is 5.75 Å². The average molecular weight is 283 g/mol. The highest BCUT2D eigenvalue weighted by Crippen LogP contribution is 2.30. The van der Waals surface area contributed by atoms with Crippen molar-refractivity contribution >= 4 is 5.97 Å². The van der Waals surface area contributed by atoms with Crippen LogP contribution >= 0.6 is 0 Å². The van der Waals surface area contributed by atoms with Crippen LogP contribution in [0.25, 0.3) is 0 Å². The summed E-state index contributed by atoms with van der Waals surface area (Å²) >= 11 is 0. The van der Waals surface area contributed by atoms with E-state index in [0.29, 0.717) is 11.3 Å². The van der Waals surface area contributed by atoms with Crippen LogP contribution in [0, 0.1) is 0 Å². The van der Waals surface area contributed by atoms with Crippen molar-refractivity contribution in [2.45, 2.75) is 38.9 Å². The molecule has 0 fully saturated rings. The maximum Gasteiger partial charge on any atom is 0.342 e. The van der Waals surface area contributed by atoms with E-state index in [0.717, 1.165) is 5.56 Å². The van der Waals surface area contributed by atoms with Crippen LogP contribution in [0.15, 0.2) is 18.2 Å². The molecule has 1 aromatic rings. The van der Waals surface area contributed by atoms with Gasteiger partial charge in [-0.2, -0.15) is 0 Å². The van der Waals surface area contributed by atoms with Crippen molar-refractivity contribution in [3.63, 3.8) is 0 Å². The van der Waals surface area contributed by atoms with E-state index in [4.69, 9.17) is 10.5 Å². The molecule has 0 spiro atoms. The Hall–Kier alpha value is -1.62. The molecule has 0 saturated heterocycles. The van der Waals surface area contributed by atoms with Gasteiger partial charge in [0.1, 0.15) is 5.75 Å². The lowest BCUT2D eigenvalue weighted by molar-refractivity contribution is -0.149. The molecule has 0 radical (unpaired) electrons. The van der Waals surface area contributed by atoms with Gasteiger partial charge < -0.3 is 15.2 Å². The molecule has 20 heavy (non-hydrogen) atoms. The smallest absolute Gasteiger partial charge is 0.342 e. The highest BCUT2D eigenvalue weighted by molar-refractivity contribution is 5.76. The summed E-state index contributed by atoms with van der Waals surface area (Å²) in [7, 11) is 1.48. The Morgan fingerprint density at radius 1 is 1.40 bits per heavy atom. The lowest BCUT2D eigenvalue weighted by atomic mass is 9.95. The molecule has 0 aliphatic carbocycles. The number of ether oxygens (including phenoxy) is 2. The Balaban J connectivity index is 3.09. The third kappa shape index (κ3) is 3.70. The number of carbonyl (C=O) groups excluding carboxylic acids is 1. The second-order valence-electron chi connectivity index (χ2n) is 4.84. The molecule has 0 bridgehead atoms. The monoisotopic (exact) mass is 283 g/mol. The normalized spacial score (nSPS) is 13.9. The van der Waals surface area contributed by atoms with Gasteiger partial charge in [-0.15, -0.1) is 0 Å². The summed E-state index contributed by atoms with van der Waals surface area (Å²) in [6, 6.07) is 4.31. The number of alkyl halides is 1. The molecular formula is C15H22FNO3. The van der Waals surface area contributed by atoms with E-state index in [1.165, 1.54) is 7.11 Å². The first-order chi connectivity index (χ1) is 9.42. The number of halogens is 1. The molecule has 0 amide bonds. The van der Waals surface area contributed by atoms with E-state index in [1.54, 1.807) is 19.1 Å². The zero-order valence-corrected chi connectivity index (χ0v) is 12.4. The quantitative estimate of drug-likeness (QED) is 0.815. The highest BCUT2D eigenvalue weighted by Gasteiger charge is 2.30. The standard InChI is InChI=1S/C15H22FNO3/c1-5-20-15(18)13(16)14(17)11-8-10(9(2)3)6-7-12(11)19-4/h6-9,13-14H,5,17H2,1-4H3/t13?,14-/m0/s1. The van der Waals surface area contributed by atoms with Gasteiger partial charge in [0.05, 0.1) is 19.8 Å². The van der Waals surface area contributed by atoms with Crippen LogP contribution in [0.3, 0.4) is 0 Å². The SMILES string of the molecule is CCOC(=O)C(F)[C@@H](N)c1cc(C(C)C)ccc1OC. The van der Waals surface area contributed by atoms with Gasteiger partial charge in [0, 0.05) is 5.56 Å². The lowest BCUT2D eigenvalue weighted by Crippen LogP contribution is -2.32. The Bertz CT molecular complexity index is 462. The third-order valence-electron chi connectivity index (χ3n) is 3.11. The highest BCUT2D eigenvalue weighted by atomic mass is 19.1. The zero-order valence-electron chi connectivity index (χ0n) is 12.4. The van der Waals surface area contributed by atoms with Crippen LogP contribution in [0.5, 0.6) is 5.75 Å². The molecule has 0 aliphatic heterocycles. The molecule has 112 valence electrons. The number of nitrogens with two attached hydrogens (primary N) is 1. The maximum atomic E-state index is 14.1. The fraction of sp³-hybridized carbons (Fsp3) is 0.533. The molecule has 0 saturated carbocycles. The van der Waals surface area contributed by atoms with Gasteiger partial charge in [-0.3, -0.25) is 0 Å². The summed E-state index contributed by atoms with van der Waals surface area (Å²) < 4.78 is 23.9. The number of benzene rings is 1. The minimum atomic E-state index is -1.91. The van der Waals surface area contributed by atoms with Gasteiger partial charge in [0.15, 0.2) is 0 Å². The van der Waals surface area contributed by atoms with E-state index in [2.05, 4.69) is 4.74 Å². The predicted octanol–water partition coefficient (Wildman–Crippen LogP) is 2.72. The molecule has 1 rings (SSSR count). The maximum absolute atomic E-state index is 14.1. The van der Waals surface area contributed by atoms with E-state index in [-0.39, 0.29) is 12.5 Å². The number of carbonyl (C=O) groups is 1. The lowest BCUT2D eigenvalue weighted by Gasteiger charge is -2.20. The van der Waals surface area contributed by atoms with Gasteiger partial charge in [0.2, 0.25) is 6.17 Å². The Labute approximate surface area is 119 Å². The number of hydrogen-bond acceptors (Lipinski definition) is 4. The molecule has 0 aromatic heterocycles. The minimum absolute atomic E-state index is 0.120. The number of rotatable bonds is 6. The van der Waals surface area contributed by atoms with Gasteiger partial charge >= 0.3 is 5.97 Å². The van der Waals surface area contributed by atoms with Gasteiger partial charge in [0.25, 0.3) is 0 Å². The number of esters is 1. The molecule has 2 atom stereocenters. The van der Waals surface area contributed by atoms with Crippen LogP contribution in [-0.2, 0) is 9.53 Å².